The number of hydrogen-bond acceptors (Lipinski definition) is 1. The van der Waals surface area contributed by atoms with Gasteiger partial charge in [-0.2, -0.15) is 0 Å². The molecular formula is C10H15NO. The molecule has 0 radical (unpaired) electrons. The summed E-state index contributed by atoms with van der Waals surface area (Å²) in [5.41, 5.74) is 6.42. The smallest absolute Gasteiger partial charge is 0.221 e. The van der Waals surface area contributed by atoms with E-state index >= 15 is 0 Å². The number of nitrogens with two attached hydrogens (primary N) is 1. The molecule has 0 aromatic carbocycles. The Hall–Kier alpha value is -1.05. The van der Waals surface area contributed by atoms with E-state index in [1.54, 1.807) is 0 Å². The molecule has 1 fully saturated rings. The van der Waals surface area contributed by atoms with Gasteiger partial charge in [0.05, 0.1) is 0 Å². The maximum Gasteiger partial charge on any atom is 0.221 e. The summed E-state index contributed by atoms with van der Waals surface area (Å²) in [6.07, 6.45) is 7.02. The highest BCUT2D eigenvalue weighted by molar-refractivity contribution is 5.80. The summed E-state index contributed by atoms with van der Waals surface area (Å²) < 4.78 is 0. The number of amides is 1. The SMILES string of the molecule is CC=CC(=CC)C1CC1C(N)=O. The van der Waals surface area contributed by atoms with E-state index in [1.807, 2.05) is 32.1 Å². The standard InChI is InChI=1S/C10H15NO/c1-3-5-7(4-2)8-6-9(8)10(11)12/h3-5,8-9H,6H2,1-2H3,(H2,11,12). The molecule has 66 valence electrons. The van der Waals surface area contributed by atoms with Crippen LogP contribution in [0.5, 0.6) is 0 Å². The Morgan fingerprint density at radius 3 is 2.42 bits per heavy atom. The average Bonchev–Trinajstić information content (AvgIpc) is 2.79. The van der Waals surface area contributed by atoms with Gasteiger partial charge in [0.25, 0.3) is 0 Å². The fraction of sp³-hybridized carbons (Fsp3) is 0.500. The van der Waals surface area contributed by atoms with Gasteiger partial charge in [0, 0.05) is 5.92 Å². The molecule has 2 atom stereocenters. The second kappa shape index (κ2) is 3.57. The van der Waals surface area contributed by atoms with Gasteiger partial charge in [0.15, 0.2) is 0 Å². The van der Waals surface area contributed by atoms with Gasteiger partial charge in [-0.15, -0.1) is 0 Å². The van der Waals surface area contributed by atoms with Crippen LogP contribution in [0.15, 0.2) is 23.8 Å². The van der Waals surface area contributed by atoms with Gasteiger partial charge in [-0.05, 0) is 31.8 Å². The number of allylic oxidation sites excluding steroid dienone is 4. The maximum absolute atomic E-state index is 10.8. The average molecular weight is 165 g/mol. The highest BCUT2D eigenvalue weighted by Gasteiger charge is 2.42. The van der Waals surface area contributed by atoms with Crippen LogP contribution < -0.4 is 5.73 Å². The molecule has 0 bridgehead atoms. The predicted octanol–water partition coefficient (Wildman–Crippen LogP) is 1.63. The molecule has 2 N–H and O–H groups in total. The van der Waals surface area contributed by atoms with Crippen molar-refractivity contribution in [3.63, 3.8) is 0 Å². The van der Waals surface area contributed by atoms with Crippen LogP contribution in [0.1, 0.15) is 20.3 Å². The quantitative estimate of drug-likeness (QED) is 0.634. The lowest BCUT2D eigenvalue weighted by Gasteiger charge is -1.96. The predicted molar refractivity (Wildman–Crippen MR) is 49.4 cm³/mol. The highest BCUT2D eigenvalue weighted by Crippen LogP contribution is 2.44. The third kappa shape index (κ3) is 1.76. The molecule has 2 nitrogen and oxygen atoms in total. The van der Waals surface area contributed by atoms with Gasteiger partial charge in [0.2, 0.25) is 5.91 Å². The summed E-state index contributed by atoms with van der Waals surface area (Å²) in [5.74, 6) is 0.319. The lowest BCUT2D eigenvalue weighted by atomic mass is 10.1. The van der Waals surface area contributed by atoms with E-state index in [4.69, 9.17) is 5.73 Å². The summed E-state index contributed by atoms with van der Waals surface area (Å²) in [6.45, 7) is 3.97. The molecule has 0 aromatic heterocycles. The molecule has 2 heteroatoms. The van der Waals surface area contributed by atoms with Crippen molar-refractivity contribution in [2.45, 2.75) is 20.3 Å². The van der Waals surface area contributed by atoms with Crippen LogP contribution in [0.25, 0.3) is 0 Å². The van der Waals surface area contributed by atoms with Gasteiger partial charge in [0.1, 0.15) is 0 Å². The lowest BCUT2D eigenvalue weighted by Crippen LogP contribution is -2.14. The summed E-state index contributed by atoms with van der Waals surface area (Å²) in [4.78, 5) is 10.8. The number of rotatable bonds is 3. The molecule has 1 rings (SSSR count). The van der Waals surface area contributed by atoms with Crippen LogP contribution in [0, 0.1) is 11.8 Å². The van der Waals surface area contributed by atoms with Crippen LogP contribution >= 0.6 is 0 Å². The van der Waals surface area contributed by atoms with Crippen molar-refractivity contribution in [1.82, 2.24) is 0 Å². The molecule has 0 heterocycles. The topological polar surface area (TPSA) is 43.1 Å². The van der Waals surface area contributed by atoms with Crippen LogP contribution in [0.3, 0.4) is 0 Å². The van der Waals surface area contributed by atoms with Crippen LogP contribution in [-0.2, 0) is 4.79 Å². The van der Waals surface area contributed by atoms with E-state index in [2.05, 4.69) is 0 Å². The molecule has 0 aromatic rings. The van der Waals surface area contributed by atoms with E-state index in [0.717, 1.165) is 6.42 Å². The van der Waals surface area contributed by atoms with Crippen molar-refractivity contribution in [3.05, 3.63) is 23.8 Å². The maximum atomic E-state index is 10.8. The van der Waals surface area contributed by atoms with Crippen molar-refractivity contribution < 1.29 is 4.79 Å². The van der Waals surface area contributed by atoms with E-state index in [-0.39, 0.29) is 11.8 Å². The number of carbonyl (C=O) groups excluding carboxylic acids is 1. The number of hydrogen-bond donors (Lipinski definition) is 1. The zero-order valence-electron chi connectivity index (χ0n) is 7.58. The van der Waals surface area contributed by atoms with E-state index < -0.39 is 0 Å². The first-order chi connectivity index (χ1) is 5.70. The first kappa shape index (κ1) is 9.04. The summed E-state index contributed by atoms with van der Waals surface area (Å²) in [7, 11) is 0. The fourth-order valence-electron chi connectivity index (χ4n) is 1.50. The molecule has 12 heavy (non-hydrogen) atoms. The molecule has 2 unspecified atom stereocenters. The molecule has 1 saturated carbocycles. The van der Waals surface area contributed by atoms with Gasteiger partial charge >= 0.3 is 0 Å². The van der Waals surface area contributed by atoms with Crippen molar-refractivity contribution in [2.75, 3.05) is 0 Å². The minimum Gasteiger partial charge on any atom is -0.369 e. The summed E-state index contributed by atoms with van der Waals surface area (Å²) in [6, 6.07) is 0. The first-order valence-electron chi connectivity index (χ1n) is 4.29. The van der Waals surface area contributed by atoms with Crippen LogP contribution in [0.2, 0.25) is 0 Å². The Kier molecular flexibility index (Phi) is 2.69. The fourth-order valence-corrected chi connectivity index (χ4v) is 1.50. The molecule has 1 aliphatic carbocycles. The van der Waals surface area contributed by atoms with E-state index in [0.29, 0.717) is 5.92 Å². The lowest BCUT2D eigenvalue weighted by molar-refractivity contribution is -0.119. The molecule has 0 saturated heterocycles. The first-order valence-corrected chi connectivity index (χ1v) is 4.29. The van der Waals surface area contributed by atoms with E-state index in [1.165, 1.54) is 5.57 Å². The molecule has 0 aliphatic heterocycles. The van der Waals surface area contributed by atoms with Gasteiger partial charge in [-0.3, -0.25) is 4.79 Å². The molecular weight excluding hydrogens is 150 g/mol. The second-order valence-electron chi connectivity index (χ2n) is 3.14. The Bertz CT molecular complexity index is 240. The van der Waals surface area contributed by atoms with Crippen LogP contribution in [-0.4, -0.2) is 5.91 Å². The normalized spacial score (nSPS) is 29.3. The van der Waals surface area contributed by atoms with Crippen molar-refractivity contribution in [3.8, 4) is 0 Å². The Balaban J connectivity index is 2.57. The van der Waals surface area contributed by atoms with Gasteiger partial charge in [-0.1, -0.05) is 18.2 Å². The van der Waals surface area contributed by atoms with Crippen molar-refractivity contribution in [2.24, 2.45) is 17.6 Å². The minimum atomic E-state index is -0.163. The summed E-state index contributed by atoms with van der Waals surface area (Å²) >= 11 is 0. The van der Waals surface area contributed by atoms with E-state index in [9.17, 15) is 4.79 Å². The number of carbonyl (C=O) groups is 1. The second-order valence-corrected chi connectivity index (χ2v) is 3.14. The van der Waals surface area contributed by atoms with Gasteiger partial charge in [-0.25, -0.2) is 0 Å². The number of primary amides is 1. The van der Waals surface area contributed by atoms with Gasteiger partial charge < -0.3 is 5.73 Å². The summed E-state index contributed by atoms with van der Waals surface area (Å²) in [5, 5.41) is 0. The zero-order valence-corrected chi connectivity index (χ0v) is 7.58. The highest BCUT2D eigenvalue weighted by atomic mass is 16.1. The zero-order chi connectivity index (χ0) is 9.14. The molecule has 1 aliphatic rings. The third-order valence-electron chi connectivity index (χ3n) is 2.28. The van der Waals surface area contributed by atoms with Crippen molar-refractivity contribution in [1.29, 1.82) is 0 Å². The molecule has 0 spiro atoms. The third-order valence-corrected chi connectivity index (χ3v) is 2.28. The molecule has 1 amide bonds. The monoisotopic (exact) mass is 165 g/mol. The Morgan fingerprint density at radius 1 is 1.42 bits per heavy atom. The Labute approximate surface area is 73.1 Å². The Morgan fingerprint density at radius 2 is 2.08 bits per heavy atom. The minimum absolute atomic E-state index is 0.0902. The van der Waals surface area contributed by atoms with Crippen LogP contribution in [0.4, 0.5) is 0 Å². The van der Waals surface area contributed by atoms with Crippen molar-refractivity contribution >= 4 is 5.91 Å². The largest absolute Gasteiger partial charge is 0.369 e.